The number of rotatable bonds is 18. The van der Waals surface area contributed by atoms with Crippen LogP contribution in [0.3, 0.4) is 0 Å². The minimum absolute atomic E-state index is 0.0924. The average molecular weight is 696 g/mol. The number of aryl methyl sites for hydroxylation is 1. The zero-order valence-corrected chi connectivity index (χ0v) is 31.9. The SMILES string of the molecule is C=C(C)[C@@H](O)CC=C(C)CCC[C@H](C)[C@H](OC1CCCCO1)C(Cc1ccccc1)C(=O)C(C)(Cc1csc(C)n1)[C@@H]1CCOC(C)(C)O1. The van der Waals surface area contributed by atoms with Gasteiger partial charge in [0.25, 0.3) is 0 Å². The molecule has 0 saturated carbocycles. The van der Waals surface area contributed by atoms with Gasteiger partial charge < -0.3 is 24.1 Å². The Hall–Kier alpha value is -2.20. The highest BCUT2D eigenvalue weighted by molar-refractivity contribution is 7.09. The van der Waals surface area contributed by atoms with Crippen molar-refractivity contribution in [2.75, 3.05) is 13.2 Å². The summed E-state index contributed by atoms with van der Waals surface area (Å²) in [4.78, 5) is 20.4. The molecule has 3 unspecified atom stereocenters. The molecule has 0 amide bonds. The Morgan fingerprint density at radius 1 is 1.20 bits per heavy atom. The van der Waals surface area contributed by atoms with Crippen LogP contribution in [0.25, 0.3) is 0 Å². The van der Waals surface area contributed by atoms with E-state index in [1.165, 1.54) is 5.57 Å². The maximum atomic E-state index is 15.6. The number of hydrogen-bond donors (Lipinski definition) is 1. The minimum atomic E-state index is -0.862. The number of allylic oxidation sites excluding steroid dienone is 1. The molecule has 1 aromatic heterocycles. The van der Waals surface area contributed by atoms with Gasteiger partial charge in [0.1, 0.15) is 5.78 Å². The van der Waals surface area contributed by atoms with Crippen molar-refractivity contribution < 1.29 is 28.8 Å². The number of nitrogens with zero attached hydrogens (tertiary/aromatic N) is 1. The Kier molecular flexibility index (Phi) is 14.8. The van der Waals surface area contributed by atoms with Gasteiger partial charge in [0.05, 0.1) is 41.0 Å². The summed E-state index contributed by atoms with van der Waals surface area (Å²) in [5.74, 6) is -0.968. The Bertz CT molecular complexity index is 1360. The first-order valence-corrected chi connectivity index (χ1v) is 19.2. The zero-order valence-electron chi connectivity index (χ0n) is 31.0. The van der Waals surface area contributed by atoms with Crippen LogP contribution in [0.1, 0.15) is 109 Å². The van der Waals surface area contributed by atoms with Crippen molar-refractivity contribution in [3.63, 3.8) is 0 Å². The molecule has 3 heterocycles. The number of ether oxygens (including phenoxy) is 4. The standard InChI is InChI=1S/C41H61NO6S/c1-28(2)35(43)21-20-29(3)15-14-16-30(4)38(47-37-19-12-13-23-45-37)34(25-32-17-10-9-11-18-32)39(44)41(8,26-33-27-49-31(5)42-33)36-22-24-46-40(6,7)48-36/h9-11,17-18,20,27,30,34-38,43H,1,12-16,19,21-26H2,2-8H3/t30-,34?,35-,36-,37?,38-,41?/m0/s1. The molecule has 2 aliphatic heterocycles. The maximum absolute atomic E-state index is 15.6. The van der Waals surface area contributed by atoms with E-state index in [2.05, 4.69) is 50.9 Å². The van der Waals surface area contributed by atoms with E-state index in [0.717, 1.165) is 60.4 Å². The van der Waals surface area contributed by atoms with Crippen LogP contribution in [0.15, 0.2) is 59.5 Å². The zero-order chi connectivity index (χ0) is 35.6. The van der Waals surface area contributed by atoms with E-state index in [0.29, 0.717) is 38.9 Å². The van der Waals surface area contributed by atoms with E-state index in [-0.39, 0.29) is 30.2 Å². The number of aliphatic hydroxyl groups is 1. The fourth-order valence-electron chi connectivity index (χ4n) is 7.27. The van der Waals surface area contributed by atoms with Gasteiger partial charge in [0, 0.05) is 24.3 Å². The molecule has 0 bridgehead atoms. The normalized spacial score (nSPS) is 23.6. The van der Waals surface area contributed by atoms with E-state index in [9.17, 15) is 5.11 Å². The Morgan fingerprint density at radius 3 is 2.59 bits per heavy atom. The topological polar surface area (TPSA) is 87.1 Å². The minimum Gasteiger partial charge on any atom is -0.388 e. The number of aliphatic hydroxyl groups excluding tert-OH is 1. The van der Waals surface area contributed by atoms with Crippen LogP contribution in [-0.4, -0.2) is 59.5 Å². The van der Waals surface area contributed by atoms with Gasteiger partial charge in [-0.3, -0.25) is 4.79 Å². The summed E-state index contributed by atoms with van der Waals surface area (Å²) in [6, 6.07) is 10.3. The Morgan fingerprint density at radius 2 is 1.96 bits per heavy atom. The van der Waals surface area contributed by atoms with Crippen molar-refractivity contribution in [3.05, 3.63) is 75.8 Å². The van der Waals surface area contributed by atoms with E-state index < -0.39 is 23.2 Å². The highest BCUT2D eigenvalue weighted by Crippen LogP contribution is 2.42. The van der Waals surface area contributed by atoms with Gasteiger partial charge >= 0.3 is 0 Å². The third-order valence-corrected chi connectivity index (χ3v) is 11.1. The van der Waals surface area contributed by atoms with Gasteiger partial charge in [0.2, 0.25) is 0 Å². The number of carbonyl (C=O) groups is 1. The Balaban J connectivity index is 1.68. The maximum Gasteiger partial charge on any atom is 0.163 e. The smallest absolute Gasteiger partial charge is 0.163 e. The summed E-state index contributed by atoms with van der Waals surface area (Å²) < 4.78 is 25.7. The van der Waals surface area contributed by atoms with Crippen molar-refractivity contribution in [2.45, 2.75) is 143 Å². The highest BCUT2D eigenvalue weighted by atomic mass is 32.1. The monoisotopic (exact) mass is 695 g/mol. The summed E-state index contributed by atoms with van der Waals surface area (Å²) >= 11 is 1.61. The molecular weight excluding hydrogens is 635 g/mol. The lowest BCUT2D eigenvalue weighted by atomic mass is 9.67. The van der Waals surface area contributed by atoms with Crippen molar-refractivity contribution in [2.24, 2.45) is 17.3 Å². The molecule has 8 heteroatoms. The van der Waals surface area contributed by atoms with Crippen molar-refractivity contribution >= 4 is 17.1 Å². The van der Waals surface area contributed by atoms with E-state index in [1.807, 2.05) is 45.9 Å². The molecule has 0 aliphatic carbocycles. The lowest BCUT2D eigenvalue weighted by Crippen LogP contribution is -2.55. The first-order valence-electron chi connectivity index (χ1n) is 18.3. The third kappa shape index (κ3) is 11.7. The summed E-state index contributed by atoms with van der Waals surface area (Å²) in [5, 5.41) is 13.3. The molecule has 2 saturated heterocycles. The molecule has 1 aromatic carbocycles. The van der Waals surface area contributed by atoms with Gasteiger partial charge in [-0.15, -0.1) is 11.3 Å². The van der Waals surface area contributed by atoms with Crippen LogP contribution in [-0.2, 0) is 36.6 Å². The predicted octanol–water partition coefficient (Wildman–Crippen LogP) is 8.96. The molecule has 2 aliphatic rings. The second kappa shape index (κ2) is 18.3. The number of thiazole rings is 1. The van der Waals surface area contributed by atoms with Gasteiger partial charge in [-0.2, -0.15) is 0 Å². The predicted molar refractivity (Wildman–Crippen MR) is 197 cm³/mol. The van der Waals surface area contributed by atoms with Gasteiger partial charge in [-0.25, -0.2) is 4.98 Å². The average Bonchev–Trinajstić information content (AvgIpc) is 3.48. The fraction of sp³-hybridized carbons (Fsp3) is 0.659. The lowest BCUT2D eigenvalue weighted by molar-refractivity contribution is -0.291. The molecule has 0 spiro atoms. The molecular formula is C41H61NO6S. The molecule has 272 valence electrons. The third-order valence-electron chi connectivity index (χ3n) is 10.3. The van der Waals surface area contributed by atoms with Crippen molar-refractivity contribution in [3.8, 4) is 0 Å². The molecule has 2 fully saturated rings. The summed E-state index contributed by atoms with van der Waals surface area (Å²) in [6.07, 6.45) is 8.53. The molecule has 1 N–H and O–H groups in total. The molecule has 4 rings (SSSR count). The number of hydrogen-bond acceptors (Lipinski definition) is 8. The summed E-state index contributed by atoms with van der Waals surface area (Å²) in [6.45, 7) is 19.3. The van der Waals surface area contributed by atoms with Crippen LogP contribution in [0, 0.1) is 24.2 Å². The van der Waals surface area contributed by atoms with Crippen molar-refractivity contribution in [1.29, 1.82) is 0 Å². The number of carbonyl (C=O) groups excluding carboxylic acids is 1. The summed E-state index contributed by atoms with van der Waals surface area (Å²) in [5.41, 5.74) is 3.21. The largest absolute Gasteiger partial charge is 0.388 e. The molecule has 2 aromatic rings. The summed E-state index contributed by atoms with van der Waals surface area (Å²) in [7, 11) is 0. The van der Waals surface area contributed by atoms with Gasteiger partial charge in [-0.1, -0.05) is 61.1 Å². The number of benzene rings is 1. The highest BCUT2D eigenvalue weighted by Gasteiger charge is 2.51. The van der Waals surface area contributed by atoms with Gasteiger partial charge in [-0.05, 0) is 111 Å². The number of Topliss-reactive ketones (excluding diaryl/α,β-unsaturated/α-hetero) is 1. The van der Waals surface area contributed by atoms with Crippen LogP contribution in [0.2, 0.25) is 0 Å². The van der Waals surface area contributed by atoms with Crippen molar-refractivity contribution in [1.82, 2.24) is 4.98 Å². The lowest BCUT2D eigenvalue weighted by Gasteiger charge is -2.46. The number of aromatic nitrogens is 1. The Labute approximate surface area is 299 Å². The van der Waals surface area contributed by atoms with E-state index in [1.54, 1.807) is 11.3 Å². The number of ketones is 1. The quantitative estimate of drug-likeness (QED) is 0.156. The van der Waals surface area contributed by atoms with Crippen LogP contribution < -0.4 is 0 Å². The molecule has 49 heavy (non-hydrogen) atoms. The fourth-order valence-corrected chi connectivity index (χ4v) is 7.89. The van der Waals surface area contributed by atoms with Crippen LogP contribution >= 0.6 is 11.3 Å². The second-order valence-corrected chi connectivity index (χ2v) is 16.2. The molecule has 0 radical (unpaired) electrons. The van der Waals surface area contributed by atoms with E-state index >= 15 is 4.79 Å². The van der Waals surface area contributed by atoms with Crippen LogP contribution in [0.5, 0.6) is 0 Å². The molecule has 7 nitrogen and oxygen atoms in total. The first-order chi connectivity index (χ1) is 23.3. The van der Waals surface area contributed by atoms with Crippen LogP contribution in [0.4, 0.5) is 0 Å². The molecule has 7 atom stereocenters. The second-order valence-electron chi connectivity index (χ2n) is 15.2. The van der Waals surface area contributed by atoms with Gasteiger partial charge in [0.15, 0.2) is 12.1 Å². The van der Waals surface area contributed by atoms with E-state index in [4.69, 9.17) is 23.9 Å². The first kappa shape index (κ1) is 39.6.